The lowest BCUT2D eigenvalue weighted by molar-refractivity contribution is -0.149. The molecule has 0 unspecified atom stereocenters. The molecule has 2 aromatic rings. The second kappa shape index (κ2) is 10.8. The van der Waals surface area contributed by atoms with E-state index in [9.17, 15) is 4.79 Å². The first-order valence-corrected chi connectivity index (χ1v) is 10.7. The van der Waals surface area contributed by atoms with Crippen molar-refractivity contribution in [2.45, 2.75) is 58.7 Å². The summed E-state index contributed by atoms with van der Waals surface area (Å²) >= 11 is 0. The van der Waals surface area contributed by atoms with E-state index in [4.69, 9.17) is 9.73 Å². The molecule has 3 rings (SSSR count). The maximum absolute atomic E-state index is 12.0. The van der Waals surface area contributed by atoms with Crippen molar-refractivity contribution < 1.29 is 9.53 Å². The summed E-state index contributed by atoms with van der Waals surface area (Å²) in [6, 6.07) is 10.5. The lowest BCUT2D eigenvalue weighted by atomic mass is 9.86. The van der Waals surface area contributed by atoms with Crippen molar-refractivity contribution in [3.63, 3.8) is 0 Å². The van der Waals surface area contributed by atoms with E-state index in [2.05, 4.69) is 33.0 Å². The molecule has 0 aliphatic heterocycles. The zero-order chi connectivity index (χ0) is 21.3. The average molecular weight is 413 g/mol. The second-order valence-corrected chi connectivity index (χ2v) is 7.67. The van der Waals surface area contributed by atoms with Gasteiger partial charge in [-0.15, -0.1) is 10.2 Å². The fourth-order valence-corrected chi connectivity index (χ4v) is 3.60. The summed E-state index contributed by atoms with van der Waals surface area (Å²) < 4.78 is 7.14. The van der Waals surface area contributed by atoms with E-state index in [-0.39, 0.29) is 17.9 Å². The van der Waals surface area contributed by atoms with Gasteiger partial charge in [-0.25, -0.2) is 4.99 Å². The highest BCUT2D eigenvalue weighted by molar-refractivity contribution is 5.80. The Bertz CT molecular complexity index is 841. The van der Waals surface area contributed by atoms with Crippen LogP contribution in [0.2, 0.25) is 0 Å². The summed E-state index contributed by atoms with van der Waals surface area (Å²) in [6.07, 6.45) is 3.51. The molecule has 30 heavy (non-hydrogen) atoms. The first-order chi connectivity index (χ1) is 14.6. The van der Waals surface area contributed by atoms with E-state index in [0.717, 1.165) is 48.9 Å². The summed E-state index contributed by atoms with van der Waals surface area (Å²) in [4.78, 5) is 16.8. The SMILES string of the molecule is CCOC(=O)C1CCC(NC(=NCc2ccccc2)NCc2nnc(C)n2C)CC1. The van der Waals surface area contributed by atoms with Crippen LogP contribution in [0.1, 0.15) is 49.8 Å². The number of hydrogen-bond donors (Lipinski definition) is 2. The molecule has 0 atom stereocenters. The molecule has 0 amide bonds. The number of aryl methyl sites for hydroxylation is 1. The number of ether oxygens (including phenoxy) is 1. The van der Waals surface area contributed by atoms with E-state index in [1.165, 1.54) is 0 Å². The summed E-state index contributed by atoms with van der Waals surface area (Å²) in [5.41, 5.74) is 1.15. The largest absolute Gasteiger partial charge is 0.466 e. The van der Waals surface area contributed by atoms with Gasteiger partial charge in [0.1, 0.15) is 5.82 Å². The van der Waals surface area contributed by atoms with Gasteiger partial charge >= 0.3 is 5.97 Å². The Kier molecular flexibility index (Phi) is 7.82. The fraction of sp³-hybridized carbons (Fsp3) is 0.545. The van der Waals surface area contributed by atoms with Crippen molar-refractivity contribution >= 4 is 11.9 Å². The van der Waals surface area contributed by atoms with Crippen LogP contribution in [0.3, 0.4) is 0 Å². The Morgan fingerprint density at radius 3 is 2.57 bits per heavy atom. The van der Waals surface area contributed by atoms with Crippen LogP contribution >= 0.6 is 0 Å². The van der Waals surface area contributed by atoms with Crippen molar-refractivity contribution in [1.29, 1.82) is 0 Å². The van der Waals surface area contributed by atoms with Gasteiger partial charge in [-0.2, -0.15) is 0 Å². The lowest BCUT2D eigenvalue weighted by Crippen LogP contribution is -2.45. The van der Waals surface area contributed by atoms with Crippen molar-refractivity contribution in [2.24, 2.45) is 18.0 Å². The van der Waals surface area contributed by atoms with E-state index >= 15 is 0 Å². The average Bonchev–Trinajstić information content (AvgIpc) is 3.09. The molecule has 1 fully saturated rings. The minimum absolute atomic E-state index is 0.0160. The van der Waals surface area contributed by atoms with E-state index < -0.39 is 0 Å². The number of carbonyl (C=O) groups is 1. The number of rotatable bonds is 7. The number of aromatic nitrogens is 3. The van der Waals surface area contributed by atoms with Gasteiger partial charge in [-0.3, -0.25) is 4.79 Å². The molecule has 8 heteroatoms. The number of hydrogen-bond acceptors (Lipinski definition) is 5. The van der Waals surface area contributed by atoms with Gasteiger partial charge in [0.15, 0.2) is 11.8 Å². The number of carbonyl (C=O) groups excluding carboxylic acids is 1. The smallest absolute Gasteiger partial charge is 0.308 e. The van der Waals surface area contributed by atoms with Crippen molar-refractivity contribution in [1.82, 2.24) is 25.4 Å². The highest BCUT2D eigenvalue weighted by Gasteiger charge is 2.27. The first kappa shape index (κ1) is 21.8. The first-order valence-electron chi connectivity index (χ1n) is 10.7. The summed E-state index contributed by atoms with van der Waals surface area (Å²) in [5.74, 6) is 2.43. The summed E-state index contributed by atoms with van der Waals surface area (Å²) in [5, 5.41) is 15.3. The molecule has 162 valence electrons. The lowest BCUT2D eigenvalue weighted by Gasteiger charge is -2.29. The van der Waals surface area contributed by atoms with Crippen molar-refractivity contribution in [3.05, 3.63) is 47.5 Å². The molecule has 0 spiro atoms. The standard InChI is InChI=1S/C22H32N6O2/c1-4-30-21(29)18-10-12-19(13-11-18)25-22(23-14-17-8-6-5-7-9-17)24-15-20-27-26-16(2)28(20)3/h5-9,18-19H,4,10-15H2,1-3H3,(H2,23,24,25). The van der Waals surface area contributed by atoms with Crippen LogP contribution in [0, 0.1) is 12.8 Å². The number of aliphatic imine (C=N–C) groups is 1. The Hall–Kier alpha value is -2.90. The number of nitrogens with one attached hydrogen (secondary N) is 2. The maximum Gasteiger partial charge on any atom is 0.308 e. The molecule has 1 aromatic heterocycles. The molecule has 1 aliphatic rings. The van der Waals surface area contributed by atoms with Gasteiger partial charge in [-0.1, -0.05) is 30.3 Å². The normalized spacial score (nSPS) is 19.4. The van der Waals surface area contributed by atoms with Crippen LogP contribution in [0.5, 0.6) is 0 Å². The third-order valence-corrected chi connectivity index (χ3v) is 5.55. The van der Waals surface area contributed by atoms with Gasteiger partial charge in [0, 0.05) is 13.1 Å². The van der Waals surface area contributed by atoms with Crippen LogP contribution in [0.25, 0.3) is 0 Å². The minimum atomic E-state index is -0.0651. The van der Waals surface area contributed by atoms with Gasteiger partial charge in [0.2, 0.25) is 0 Å². The Morgan fingerprint density at radius 2 is 1.93 bits per heavy atom. The van der Waals surface area contributed by atoms with Crippen molar-refractivity contribution in [3.8, 4) is 0 Å². The summed E-state index contributed by atoms with van der Waals surface area (Å²) in [7, 11) is 1.96. The highest BCUT2D eigenvalue weighted by Crippen LogP contribution is 2.25. The molecule has 1 aliphatic carbocycles. The highest BCUT2D eigenvalue weighted by atomic mass is 16.5. The molecule has 2 N–H and O–H groups in total. The number of esters is 1. The van der Waals surface area contributed by atoms with Crippen LogP contribution in [-0.2, 0) is 29.7 Å². The number of benzene rings is 1. The van der Waals surface area contributed by atoms with E-state index in [1.54, 1.807) is 0 Å². The van der Waals surface area contributed by atoms with E-state index in [1.807, 2.05) is 43.7 Å². The third kappa shape index (κ3) is 6.05. The van der Waals surface area contributed by atoms with Crippen LogP contribution < -0.4 is 10.6 Å². The minimum Gasteiger partial charge on any atom is -0.466 e. The molecule has 1 saturated carbocycles. The molecule has 0 saturated heterocycles. The van der Waals surface area contributed by atoms with Gasteiger partial charge in [-0.05, 0) is 45.1 Å². The maximum atomic E-state index is 12.0. The molecule has 1 aromatic carbocycles. The number of nitrogens with zero attached hydrogens (tertiary/aromatic N) is 4. The van der Waals surface area contributed by atoms with Gasteiger partial charge < -0.3 is 19.9 Å². The predicted octanol–water partition coefficient (Wildman–Crippen LogP) is 2.48. The van der Waals surface area contributed by atoms with Gasteiger partial charge in [0.05, 0.1) is 25.6 Å². The molecule has 8 nitrogen and oxygen atoms in total. The van der Waals surface area contributed by atoms with Crippen molar-refractivity contribution in [2.75, 3.05) is 6.61 Å². The van der Waals surface area contributed by atoms with Crippen LogP contribution in [0.4, 0.5) is 0 Å². The zero-order valence-electron chi connectivity index (χ0n) is 18.1. The topological polar surface area (TPSA) is 93.4 Å². The Balaban J connectivity index is 1.60. The molecular formula is C22H32N6O2. The quantitative estimate of drug-likeness (QED) is 0.412. The zero-order valence-corrected chi connectivity index (χ0v) is 18.1. The van der Waals surface area contributed by atoms with E-state index in [0.29, 0.717) is 19.7 Å². The monoisotopic (exact) mass is 412 g/mol. The van der Waals surface area contributed by atoms with Crippen LogP contribution in [0.15, 0.2) is 35.3 Å². The Labute approximate surface area is 178 Å². The molecular weight excluding hydrogens is 380 g/mol. The third-order valence-electron chi connectivity index (χ3n) is 5.55. The van der Waals surface area contributed by atoms with Gasteiger partial charge in [0.25, 0.3) is 0 Å². The molecule has 0 bridgehead atoms. The number of guanidine groups is 1. The molecule has 0 radical (unpaired) electrons. The summed E-state index contributed by atoms with van der Waals surface area (Å²) in [6.45, 7) is 5.35. The predicted molar refractivity (Wildman–Crippen MR) is 116 cm³/mol. The fourth-order valence-electron chi connectivity index (χ4n) is 3.60. The Morgan fingerprint density at radius 1 is 1.20 bits per heavy atom. The second-order valence-electron chi connectivity index (χ2n) is 7.67. The van der Waals surface area contributed by atoms with Crippen LogP contribution in [-0.4, -0.2) is 39.3 Å². The molecule has 1 heterocycles.